The molecule has 0 saturated carbocycles. The molecule has 0 spiro atoms. The summed E-state index contributed by atoms with van der Waals surface area (Å²) in [6, 6.07) is 10.4. The average Bonchev–Trinajstić information content (AvgIpc) is 3.08. The van der Waals surface area contributed by atoms with E-state index in [-0.39, 0.29) is 24.3 Å². The van der Waals surface area contributed by atoms with Gasteiger partial charge < -0.3 is 20.3 Å². The van der Waals surface area contributed by atoms with Gasteiger partial charge in [-0.05, 0) is 51.2 Å². The zero-order valence-corrected chi connectivity index (χ0v) is 17.8. The minimum Gasteiger partial charge on any atom is -0.444 e. The van der Waals surface area contributed by atoms with Crippen molar-refractivity contribution in [3.05, 3.63) is 30.3 Å². The number of nitrogens with zero attached hydrogens (tertiary/aromatic N) is 1. The third-order valence-electron chi connectivity index (χ3n) is 4.98. The van der Waals surface area contributed by atoms with Crippen LogP contribution in [0.5, 0.6) is 0 Å². The number of carbonyl (C=O) groups excluding carboxylic acids is 2. The number of hydrogen-bond acceptors (Lipinski definition) is 4. The van der Waals surface area contributed by atoms with Crippen LogP contribution >= 0.6 is 0 Å². The number of alkyl carbamates (subject to hydrolysis) is 1. The first kappa shape index (κ1) is 22.1. The van der Waals surface area contributed by atoms with Crippen LogP contribution in [0.3, 0.4) is 0 Å². The van der Waals surface area contributed by atoms with Crippen LogP contribution in [0.25, 0.3) is 0 Å². The summed E-state index contributed by atoms with van der Waals surface area (Å²) in [5, 5.41) is 5.82. The molecular weight excluding hydrogens is 354 g/mol. The van der Waals surface area contributed by atoms with Crippen LogP contribution in [-0.2, 0) is 9.53 Å². The van der Waals surface area contributed by atoms with E-state index in [1.807, 2.05) is 40.7 Å². The van der Waals surface area contributed by atoms with E-state index >= 15 is 0 Å². The fraction of sp³-hybridized carbons (Fsp3) is 0.636. The number of rotatable bonds is 7. The molecule has 1 aromatic carbocycles. The lowest BCUT2D eigenvalue weighted by atomic mass is 9.94. The number of benzene rings is 1. The largest absolute Gasteiger partial charge is 0.444 e. The minimum atomic E-state index is -0.549. The zero-order chi connectivity index (χ0) is 20.7. The van der Waals surface area contributed by atoms with Crippen molar-refractivity contribution in [1.82, 2.24) is 10.6 Å². The second-order valence-corrected chi connectivity index (χ2v) is 8.91. The summed E-state index contributed by atoms with van der Waals surface area (Å²) < 4.78 is 5.26. The van der Waals surface area contributed by atoms with Crippen molar-refractivity contribution in [3.63, 3.8) is 0 Å². The molecule has 156 valence electrons. The van der Waals surface area contributed by atoms with Gasteiger partial charge in [0.25, 0.3) is 0 Å². The van der Waals surface area contributed by atoms with Crippen molar-refractivity contribution in [2.45, 2.75) is 46.6 Å². The lowest BCUT2D eigenvalue weighted by Crippen LogP contribution is -2.44. The Hall–Kier alpha value is -2.24. The smallest absolute Gasteiger partial charge is 0.407 e. The van der Waals surface area contributed by atoms with Crippen LogP contribution in [0, 0.1) is 17.8 Å². The summed E-state index contributed by atoms with van der Waals surface area (Å²) in [7, 11) is 0. The molecule has 1 fully saturated rings. The van der Waals surface area contributed by atoms with Gasteiger partial charge in [-0.1, -0.05) is 32.0 Å². The maximum absolute atomic E-state index is 12.7. The molecule has 1 aliphatic heterocycles. The van der Waals surface area contributed by atoms with E-state index in [1.165, 1.54) is 5.69 Å². The molecule has 0 bridgehead atoms. The molecule has 28 heavy (non-hydrogen) atoms. The van der Waals surface area contributed by atoms with Crippen molar-refractivity contribution in [2.24, 2.45) is 17.8 Å². The average molecular weight is 390 g/mol. The third kappa shape index (κ3) is 7.06. The zero-order valence-electron chi connectivity index (χ0n) is 17.8. The van der Waals surface area contributed by atoms with Crippen molar-refractivity contribution in [3.8, 4) is 0 Å². The molecule has 0 aromatic heterocycles. The highest BCUT2D eigenvalue weighted by atomic mass is 16.6. The third-order valence-corrected chi connectivity index (χ3v) is 4.98. The van der Waals surface area contributed by atoms with Crippen molar-refractivity contribution < 1.29 is 14.3 Å². The number of carbonyl (C=O) groups is 2. The summed E-state index contributed by atoms with van der Waals surface area (Å²) >= 11 is 0. The van der Waals surface area contributed by atoms with Crippen molar-refractivity contribution >= 4 is 17.7 Å². The minimum absolute atomic E-state index is 0.00998. The Bertz CT molecular complexity index is 640. The summed E-state index contributed by atoms with van der Waals surface area (Å²) in [6.45, 7) is 12.3. The molecule has 6 nitrogen and oxygen atoms in total. The van der Waals surface area contributed by atoms with Gasteiger partial charge in [0, 0.05) is 31.9 Å². The summed E-state index contributed by atoms with van der Waals surface area (Å²) in [4.78, 5) is 26.9. The maximum atomic E-state index is 12.7. The molecule has 2 N–H and O–H groups in total. The summed E-state index contributed by atoms with van der Waals surface area (Å²) in [5.74, 6) is 0.276. The predicted molar refractivity (Wildman–Crippen MR) is 112 cm³/mol. The first-order chi connectivity index (χ1) is 13.2. The molecule has 2 rings (SSSR count). The van der Waals surface area contributed by atoms with E-state index in [1.54, 1.807) is 0 Å². The number of para-hydroxylation sites is 1. The first-order valence-corrected chi connectivity index (χ1v) is 10.2. The first-order valence-electron chi connectivity index (χ1n) is 10.2. The molecule has 0 aliphatic carbocycles. The van der Waals surface area contributed by atoms with Crippen molar-refractivity contribution in [1.29, 1.82) is 0 Å². The highest BCUT2D eigenvalue weighted by molar-refractivity contribution is 5.80. The second kappa shape index (κ2) is 9.80. The Kier molecular flexibility index (Phi) is 7.72. The number of amides is 2. The standard InChI is InChI=1S/C22H35N3O3/c1-16(2)19(14-24-21(27)28-22(3,4)5)20(26)23-13-17-11-12-25(15-17)18-9-7-6-8-10-18/h6-10,16-17,19H,11-15H2,1-5H3,(H,23,26)(H,24,27)/t17-,19+/m1/s1. The fourth-order valence-electron chi connectivity index (χ4n) is 3.39. The van der Waals surface area contributed by atoms with Gasteiger partial charge in [0.05, 0.1) is 5.92 Å². The molecule has 2 atom stereocenters. The van der Waals surface area contributed by atoms with E-state index in [2.05, 4.69) is 39.8 Å². The molecule has 1 saturated heterocycles. The maximum Gasteiger partial charge on any atom is 0.407 e. The van der Waals surface area contributed by atoms with Crippen LogP contribution in [-0.4, -0.2) is 43.8 Å². The Morgan fingerprint density at radius 1 is 1.18 bits per heavy atom. The highest BCUT2D eigenvalue weighted by Crippen LogP contribution is 2.23. The second-order valence-electron chi connectivity index (χ2n) is 8.91. The summed E-state index contributed by atoms with van der Waals surface area (Å²) in [5.41, 5.74) is 0.685. The molecule has 0 unspecified atom stereocenters. The molecular formula is C22H35N3O3. The Morgan fingerprint density at radius 3 is 2.46 bits per heavy atom. The van der Waals surface area contributed by atoms with Crippen LogP contribution in [0.15, 0.2) is 30.3 Å². The predicted octanol–water partition coefficient (Wildman–Crippen LogP) is 3.43. The normalized spacial score (nSPS) is 18.1. The number of hydrogen-bond donors (Lipinski definition) is 2. The van der Waals surface area contributed by atoms with Gasteiger partial charge in [-0.2, -0.15) is 0 Å². The van der Waals surface area contributed by atoms with Gasteiger partial charge in [0.15, 0.2) is 0 Å². The fourth-order valence-corrected chi connectivity index (χ4v) is 3.39. The van der Waals surface area contributed by atoms with E-state index in [4.69, 9.17) is 4.74 Å². The van der Waals surface area contributed by atoms with Crippen molar-refractivity contribution in [2.75, 3.05) is 31.1 Å². The molecule has 0 radical (unpaired) electrons. The van der Waals surface area contributed by atoms with E-state index in [9.17, 15) is 9.59 Å². The van der Waals surface area contributed by atoms with Crippen LogP contribution in [0.2, 0.25) is 0 Å². The van der Waals surface area contributed by atoms with Gasteiger partial charge in [-0.25, -0.2) is 4.79 Å². The lowest BCUT2D eigenvalue weighted by molar-refractivity contribution is -0.126. The van der Waals surface area contributed by atoms with Gasteiger partial charge in [-0.3, -0.25) is 4.79 Å². The van der Waals surface area contributed by atoms with E-state index in [0.29, 0.717) is 12.5 Å². The lowest BCUT2D eigenvalue weighted by Gasteiger charge is -2.24. The SMILES string of the molecule is CC(C)[C@H](CNC(=O)OC(C)(C)C)C(=O)NC[C@H]1CCN(c2ccccc2)C1. The molecule has 2 amide bonds. The van der Waals surface area contributed by atoms with Gasteiger partial charge in [0.1, 0.15) is 5.60 Å². The Balaban J connectivity index is 1.78. The van der Waals surface area contributed by atoms with Gasteiger partial charge in [0.2, 0.25) is 5.91 Å². The quantitative estimate of drug-likeness (QED) is 0.750. The summed E-state index contributed by atoms with van der Waals surface area (Å²) in [6.07, 6.45) is 0.581. The van der Waals surface area contributed by atoms with Crippen LogP contribution in [0.1, 0.15) is 41.0 Å². The van der Waals surface area contributed by atoms with E-state index in [0.717, 1.165) is 19.5 Å². The number of ether oxygens (including phenoxy) is 1. The van der Waals surface area contributed by atoms with Crippen LogP contribution < -0.4 is 15.5 Å². The van der Waals surface area contributed by atoms with Crippen LogP contribution in [0.4, 0.5) is 10.5 Å². The monoisotopic (exact) mass is 389 g/mol. The Morgan fingerprint density at radius 2 is 1.86 bits per heavy atom. The van der Waals surface area contributed by atoms with Gasteiger partial charge >= 0.3 is 6.09 Å². The van der Waals surface area contributed by atoms with E-state index < -0.39 is 11.7 Å². The molecule has 6 heteroatoms. The number of nitrogens with one attached hydrogen (secondary N) is 2. The number of anilines is 1. The topological polar surface area (TPSA) is 70.7 Å². The molecule has 1 aliphatic rings. The Labute approximate surface area is 169 Å². The molecule has 1 aromatic rings. The highest BCUT2D eigenvalue weighted by Gasteiger charge is 2.27. The van der Waals surface area contributed by atoms with Gasteiger partial charge in [-0.15, -0.1) is 0 Å². The molecule has 1 heterocycles.